The van der Waals surface area contributed by atoms with E-state index in [9.17, 15) is 18.0 Å². The number of ether oxygens (including phenoxy) is 2. The number of benzene rings is 2. The maximum absolute atomic E-state index is 12.9. The van der Waals surface area contributed by atoms with Crippen LogP contribution in [0.5, 0.6) is 5.75 Å². The lowest BCUT2D eigenvalue weighted by Crippen LogP contribution is -2.35. The number of esters is 1. The zero-order chi connectivity index (χ0) is 23.7. The molecule has 1 amide bonds. The number of carbonyl (C=O) groups is 2. The summed E-state index contributed by atoms with van der Waals surface area (Å²) < 4.78 is 37.4. The van der Waals surface area contributed by atoms with Crippen molar-refractivity contribution in [3.63, 3.8) is 0 Å². The van der Waals surface area contributed by atoms with Crippen LogP contribution < -0.4 is 9.64 Å². The van der Waals surface area contributed by atoms with E-state index in [4.69, 9.17) is 14.7 Å². The van der Waals surface area contributed by atoms with Crippen LogP contribution in [-0.4, -0.2) is 58.0 Å². The van der Waals surface area contributed by atoms with E-state index in [0.717, 1.165) is 0 Å². The van der Waals surface area contributed by atoms with E-state index < -0.39 is 28.5 Å². The number of amides is 1. The molecule has 170 valence electrons. The van der Waals surface area contributed by atoms with Crippen molar-refractivity contribution in [2.75, 3.05) is 38.3 Å². The summed E-state index contributed by atoms with van der Waals surface area (Å²) in [4.78, 5) is 26.1. The van der Waals surface area contributed by atoms with Crippen LogP contribution in [0.1, 0.15) is 24.2 Å². The van der Waals surface area contributed by atoms with Crippen LogP contribution >= 0.6 is 0 Å². The molecule has 0 bridgehead atoms. The Hall–Kier alpha value is -3.42. The molecule has 2 aromatic rings. The van der Waals surface area contributed by atoms with E-state index >= 15 is 0 Å². The van der Waals surface area contributed by atoms with Gasteiger partial charge in [-0.2, -0.15) is 9.57 Å². The van der Waals surface area contributed by atoms with Gasteiger partial charge in [0.25, 0.3) is 5.91 Å². The average molecular weight is 460 g/mol. The van der Waals surface area contributed by atoms with Crippen molar-refractivity contribution in [1.82, 2.24) is 4.31 Å². The predicted molar refractivity (Wildman–Crippen MR) is 118 cm³/mol. The molecule has 2 aromatic carbocycles. The fraction of sp³-hybridized carbons (Fsp3) is 0.318. The molecule has 0 unspecified atom stereocenters. The minimum absolute atomic E-state index is 0.0455. The second-order valence-corrected chi connectivity index (χ2v) is 8.41. The Kier molecular flexibility index (Phi) is 8.75. The van der Waals surface area contributed by atoms with Crippen molar-refractivity contribution < 1.29 is 27.5 Å². The molecule has 0 N–H and O–H groups in total. The largest absolute Gasteiger partial charge is 0.495 e. The lowest BCUT2D eigenvalue weighted by Gasteiger charge is -2.21. The number of sulfonamides is 1. The molecule has 0 fully saturated rings. The fourth-order valence-electron chi connectivity index (χ4n) is 3.00. The molecule has 2 rings (SSSR count). The van der Waals surface area contributed by atoms with E-state index in [0.29, 0.717) is 5.69 Å². The van der Waals surface area contributed by atoms with Crippen LogP contribution in [0.15, 0.2) is 53.4 Å². The summed E-state index contributed by atoms with van der Waals surface area (Å²) in [5.74, 6) is -1.37. The number of nitriles is 1. The molecule has 0 saturated carbocycles. The third-order valence-corrected chi connectivity index (χ3v) is 6.72. The molecule has 32 heavy (non-hydrogen) atoms. The smallest absolute Gasteiger partial charge is 0.338 e. The topological polar surface area (TPSA) is 117 Å². The van der Waals surface area contributed by atoms with Crippen molar-refractivity contribution in [3.05, 3.63) is 54.1 Å². The summed E-state index contributed by atoms with van der Waals surface area (Å²) in [5.41, 5.74) is 0.447. The first-order valence-corrected chi connectivity index (χ1v) is 11.3. The van der Waals surface area contributed by atoms with Crippen molar-refractivity contribution in [1.29, 1.82) is 5.26 Å². The van der Waals surface area contributed by atoms with E-state index in [2.05, 4.69) is 0 Å². The number of nitrogens with zero attached hydrogens (tertiary/aromatic N) is 3. The fourth-order valence-corrected chi connectivity index (χ4v) is 4.64. The number of rotatable bonds is 10. The minimum atomic E-state index is -3.90. The molecule has 0 aliphatic rings. The van der Waals surface area contributed by atoms with E-state index in [1.165, 1.54) is 34.5 Å². The zero-order valence-electron chi connectivity index (χ0n) is 18.1. The summed E-state index contributed by atoms with van der Waals surface area (Å²) >= 11 is 0. The Bertz CT molecular complexity index is 1090. The maximum Gasteiger partial charge on any atom is 0.338 e. The number of hydrogen-bond acceptors (Lipinski definition) is 7. The molecule has 0 radical (unpaired) electrons. The van der Waals surface area contributed by atoms with Crippen molar-refractivity contribution in [3.8, 4) is 11.8 Å². The van der Waals surface area contributed by atoms with Gasteiger partial charge in [-0.05, 0) is 30.3 Å². The monoisotopic (exact) mass is 459 g/mol. The molecule has 0 spiro atoms. The first-order valence-electron chi connectivity index (χ1n) is 9.87. The van der Waals surface area contributed by atoms with Gasteiger partial charge in [0.15, 0.2) is 6.61 Å². The molecule has 0 aliphatic carbocycles. The van der Waals surface area contributed by atoms with Gasteiger partial charge in [0.05, 0.1) is 18.7 Å². The number of hydrogen-bond donors (Lipinski definition) is 0. The Labute approximate surface area is 187 Å². The SMILES string of the molecule is CCN(CC)S(=O)(=O)c1cc(C(=O)OCC(=O)N(CC#N)c2ccccc2)ccc1OC. The van der Waals surface area contributed by atoms with Gasteiger partial charge >= 0.3 is 5.97 Å². The Morgan fingerprint density at radius 2 is 1.72 bits per heavy atom. The number of para-hydroxylation sites is 1. The van der Waals surface area contributed by atoms with Gasteiger partial charge in [0, 0.05) is 18.8 Å². The highest BCUT2D eigenvalue weighted by Gasteiger charge is 2.27. The van der Waals surface area contributed by atoms with E-state index in [1.54, 1.807) is 44.2 Å². The molecular formula is C22H25N3O6S. The lowest BCUT2D eigenvalue weighted by atomic mass is 10.2. The third kappa shape index (κ3) is 5.63. The first-order chi connectivity index (χ1) is 15.3. The van der Waals surface area contributed by atoms with Gasteiger partial charge in [-0.1, -0.05) is 32.0 Å². The van der Waals surface area contributed by atoms with Gasteiger partial charge in [0.2, 0.25) is 10.0 Å². The van der Waals surface area contributed by atoms with Crippen LogP contribution in [0.4, 0.5) is 5.69 Å². The molecular weight excluding hydrogens is 434 g/mol. The highest BCUT2D eigenvalue weighted by molar-refractivity contribution is 7.89. The predicted octanol–water partition coefficient (Wildman–Crippen LogP) is 2.44. The van der Waals surface area contributed by atoms with Gasteiger partial charge in [-0.25, -0.2) is 13.2 Å². The minimum Gasteiger partial charge on any atom is -0.495 e. The second-order valence-electron chi connectivity index (χ2n) is 6.50. The number of carbonyl (C=O) groups excluding carboxylic acids is 2. The number of methoxy groups -OCH3 is 1. The van der Waals surface area contributed by atoms with Crippen LogP contribution in [0.25, 0.3) is 0 Å². The van der Waals surface area contributed by atoms with Gasteiger partial charge in [-0.3, -0.25) is 9.69 Å². The van der Waals surface area contributed by atoms with E-state index in [1.807, 2.05) is 6.07 Å². The molecule has 0 aromatic heterocycles. The highest BCUT2D eigenvalue weighted by Crippen LogP contribution is 2.28. The first kappa shape index (κ1) is 24.8. The molecule has 0 heterocycles. The zero-order valence-corrected chi connectivity index (χ0v) is 19.0. The van der Waals surface area contributed by atoms with Crippen LogP contribution in [0.2, 0.25) is 0 Å². The van der Waals surface area contributed by atoms with Gasteiger partial charge < -0.3 is 9.47 Å². The Balaban J connectivity index is 2.23. The Morgan fingerprint density at radius 3 is 2.28 bits per heavy atom. The van der Waals surface area contributed by atoms with E-state index in [-0.39, 0.29) is 35.8 Å². The van der Waals surface area contributed by atoms with Crippen molar-refractivity contribution in [2.45, 2.75) is 18.7 Å². The second kappa shape index (κ2) is 11.3. The normalized spacial score (nSPS) is 11.0. The molecule has 0 aliphatic heterocycles. The quantitative estimate of drug-likeness (QED) is 0.396. The standard InChI is InChI=1S/C22H25N3O6S/c1-4-24(5-2)32(28,29)20-15-17(11-12-19(20)30-3)22(27)31-16-21(26)25(14-13-23)18-9-7-6-8-10-18/h6-12,15H,4-5,14,16H2,1-3H3. The Morgan fingerprint density at radius 1 is 1.06 bits per heavy atom. The van der Waals surface area contributed by atoms with Gasteiger partial charge in [0.1, 0.15) is 17.2 Å². The van der Waals surface area contributed by atoms with Gasteiger partial charge in [-0.15, -0.1) is 0 Å². The average Bonchev–Trinajstić information content (AvgIpc) is 2.81. The number of anilines is 1. The summed E-state index contributed by atoms with van der Waals surface area (Å²) in [5, 5.41) is 9.02. The highest BCUT2D eigenvalue weighted by atomic mass is 32.2. The van der Waals surface area contributed by atoms with Crippen molar-refractivity contribution >= 4 is 27.6 Å². The maximum atomic E-state index is 12.9. The summed E-state index contributed by atoms with van der Waals surface area (Å²) in [7, 11) is -2.56. The molecule has 10 heteroatoms. The van der Waals surface area contributed by atoms with Crippen molar-refractivity contribution in [2.24, 2.45) is 0 Å². The summed E-state index contributed by atoms with van der Waals surface area (Å²) in [6, 6.07) is 14.3. The summed E-state index contributed by atoms with van der Waals surface area (Å²) in [6.45, 7) is 3.08. The van der Waals surface area contributed by atoms with Crippen LogP contribution in [-0.2, 0) is 19.6 Å². The van der Waals surface area contributed by atoms with Crippen LogP contribution in [0, 0.1) is 11.3 Å². The molecule has 0 saturated heterocycles. The third-order valence-electron chi connectivity index (χ3n) is 4.65. The lowest BCUT2D eigenvalue weighted by molar-refractivity contribution is -0.121. The summed E-state index contributed by atoms with van der Waals surface area (Å²) in [6.07, 6.45) is 0. The van der Waals surface area contributed by atoms with Crippen LogP contribution in [0.3, 0.4) is 0 Å². The molecule has 0 atom stereocenters. The molecule has 9 nitrogen and oxygen atoms in total.